The summed E-state index contributed by atoms with van der Waals surface area (Å²) < 4.78 is 7.44. The molecular weight excluding hydrogens is 326 g/mol. The standard InChI is InChI=1S/C20H25N5O/c1-24-15-22-23-20(24)8-11-21-17-9-12-25(13-10-17)18-6-4-16(5-7-18)19-3-2-14-26-19/h2-7,14-15,17,21H,8-13H2,1H3. The summed E-state index contributed by atoms with van der Waals surface area (Å²) in [5.74, 6) is 1.95. The van der Waals surface area contributed by atoms with Crippen LogP contribution >= 0.6 is 0 Å². The van der Waals surface area contributed by atoms with Gasteiger partial charge in [0.1, 0.15) is 17.9 Å². The van der Waals surface area contributed by atoms with Gasteiger partial charge < -0.3 is 19.2 Å². The van der Waals surface area contributed by atoms with Gasteiger partial charge in [-0.3, -0.25) is 0 Å². The highest BCUT2D eigenvalue weighted by atomic mass is 16.3. The molecular formula is C20H25N5O. The summed E-state index contributed by atoms with van der Waals surface area (Å²) in [7, 11) is 1.99. The zero-order chi connectivity index (χ0) is 17.8. The number of nitrogens with zero attached hydrogens (tertiary/aromatic N) is 4. The first-order valence-electron chi connectivity index (χ1n) is 9.25. The largest absolute Gasteiger partial charge is 0.464 e. The number of rotatable bonds is 6. The van der Waals surface area contributed by atoms with Gasteiger partial charge >= 0.3 is 0 Å². The summed E-state index contributed by atoms with van der Waals surface area (Å²) in [5, 5.41) is 11.7. The van der Waals surface area contributed by atoms with Crippen LogP contribution in [0.3, 0.4) is 0 Å². The van der Waals surface area contributed by atoms with Gasteiger partial charge in [0, 0.05) is 50.4 Å². The summed E-state index contributed by atoms with van der Waals surface area (Å²) in [6.07, 6.45) is 6.72. The van der Waals surface area contributed by atoms with Crippen LogP contribution in [0.4, 0.5) is 5.69 Å². The zero-order valence-corrected chi connectivity index (χ0v) is 15.1. The van der Waals surface area contributed by atoms with Crippen molar-refractivity contribution in [2.75, 3.05) is 24.5 Å². The SMILES string of the molecule is Cn1cnnc1CCNC1CCN(c2ccc(-c3ccco3)cc2)CC1. The highest BCUT2D eigenvalue weighted by Crippen LogP contribution is 2.25. The van der Waals surface area contributed by atoms with Crippen molar-refractivity contribution in [3.63, 3.8) is 0 Å². The van der Waals surface area contributed by atoms with Gasteiger partial charge in [0.05, 0.1) is 6.26 Å². The molecule has 3 heterocycles. The molecule has 0 radical (unpaired) electrons. The van der Waals surface area contributed by atoms with Gasteiger partial charge in [0.25, 0.3) is 0 Å². The summed E-state index contributed by atoms with van der Waals surface area (Å²) >= 11 is 0. The second kappa shape index (κ2) is 7.74. The predicted octanol–water partition coefficient (Wildman–Crippen LogP) is 2.88. The molecule has 0 unspecified atom stereocenters. The van der Waals surface area contributed by atoms with Crippen LogP contribution in [0.25, 0.3) is 11.3 Å². The molecule has 0 atom stereocenters. The monoisotopic (exact) mass is 351 g/mol. The van der Waals surface area contributed by atoms with Crippen molar-refractivity contribution in [2.24, 2.45) is 7.05 Å². The number of hydrogen-bond donors (Lipinski definition) is 1. The lowest BCUT2D eigenvalue weighted by molar-refractivity contribution is 0.415. The fraction of sp³-hybridized carbons (Fsp3) is 0.400. The van der Waals surface area contributed by atoms with Crippen molar-refractivity contribution in [2.45, 2.75) is 25.3 Å². The summed E-state index contributed by atoms with van der Waals surface area (Å²) in [6.45, 7) is 3.12. The van der Waals surface area contributed by atoms with E-state index in [0.29, 0.717) is 6.04 Å². The first-order chi connectivity index (χ1) is 12.8. The Kier molecular flexibility index (Phi) is 5.02. The first-order valence-corrected chi connectivity index (χ1v) is 9.25. The van der Waals surface area contributed by atoms with Crippen molar-refractivity contribution in [1.29, 1.82) is 0 Å². The third kappa shape index (κ3) is 3.80. The van der Waals surface area contributed by atoms with Gasteiger partial charge in [-0.1, -0.05) is 0 Å². The average Bonchev–Trinajstić information content (AvgIpc) is 3.35. The minimum atomic E-state index is 0.585. The summed E-state index contributed by atoms with van der Waals surface area (Å²) in [4.78, 5) is 2.47. The van der Waals surface area contributed by atoms with Crippen molar-refractivity contribution in [3.05, 3.63) is 54.8 Å². The number of benzene rings is 1. The third-order valence-electron chi connectivity index (χ3n) is 5.12. The quantitative estimate of drug-likeness (QED) is 0.740. The Labute approximate surface area is 153 Å². The van der Waals surface area contributed by atoms with E-state index in [1.54, 1.807) is 12.6 Å². The van der Waals surface area contributed by atoms with Crippen LogP contribution in [0, 0.1) is 0 Å². The second-order valence-corrected chi connectivity index (χ2v) is 6.85. The zero-order valence-electron chi connectivity index (χ0n) is 15.1. The molecule has 136 valence electrons. The lowest BCUT2D eigenvalue weighted by Gasteiger charge is -2.34. The fourth-order valence-electron chi connectivity index (χ4n) is 3.54. The molecule has 1 saturated heterocycles. The maximum atomic E-state index is 5.46. The van der Waals surface area contributed by atoms with Crippen LogP contribution in [0.2, 0.25) is 0 Å². The molecule has 26 heavy (non-hydrogen) atoms. The van der Waals surface area contributed by atoms with Gasteiger partial charge in [-0.2, -0.15) is 0 Å². The van der Waals surface area contributed by atoms with Gasteiger partial charge in [-0.15, -0.1) is 10.2 Å². The van der Waals surface area contributed by atoms with Gasteiger partial charge in [0.2, 0.25) is 0 Å². The van der Waals surface area contributed by atoms with E-state index >= 15 is 0 Å². The van der Waals surface area contributed by atoms with Crippen LogP contribution in [0.5, 0.6) is 0 Å². The normalized spacial score (nSPS) is 15.5. The molecule has 0 spiro atoms. The van der Waals surface area contributed by atoms with E-state index in [2.05, 4.69) is 44.7 Å². The molecule has 0 aliphatic carbocycles. The Morgan fingerprint density at radius 2 is 1.96 bits per heavy atom. The van der Waals surface area contributed by atoms with Crippen molar-refractivity contribution in [1.82, 2.24) is 20.1 Å². The number of piperidine rings is 1. The van der Waals surface area contributed by atoms with Gasteiger partial charge in [-0.25, -0.2) is 0 Å². The second-order valence-electron chi connectivity index (χ2n) is 6.85. The number of nitrogens with one attached hydrogen (secondary N) is 1. The van der Waals surface area contributed by atoms with Crippen LogP contribution in [-0.4, -0.2) is 40.4 Å². The van der Waals surface area contributed by atoms with Crippen molar-refractivity contribution in [3.8, 4) is 11.3 Å². The molecule has 4 rings (SSSR count). The van der Waals surface area contributed by atoms with E-state index in [1.807, 2.05) is 23.7 Å². The van der Waals surface area contributed by atoms with E-state index in [1.165, 1.54) is 18.5 Å². The fourth-order valence-corrected chi connectivity index (χ4v) is 3.54. The molecule has 1 aliphatic rings. The summed E-state index contributed by atoms with van der Waals surface area (Å²) in [6, 6.07) is 13.2. The molecule has 1 fully saturated rings. The maximum Gasteiger partial charge on any atom is 0.133 e. The first kappa shape index (κ1) is 16.8. The molecule has 1 aliphatic heterocycles. The van der Waals surface area contributed by atoms with E-state index in [4.69, 9.17) is 4.42 Å². The van der Waals surface area contributed by atoms with Crippen LogP contribution < -0.4 is 10.2 Å². The number of anilines is 1. The van der Waals surface area contributed by atoms with Gasteiger partial charge in [-0.05, 0) is 49.2 Å². The number of aromatic nitrogens is 3. The third-order valence-corrected chi connectivity index (χ3v) is 5.12. The molecule has 0 saturated carbocycles. The smallest absolute Gasteiger partial charge is 0.133 e. The van der Waals surface area contributed by atoms with E-state index in [-0.39, 0.29) is 0 Å². The van der Waals surface area contributed by atoms with Crippen molar-refractivity contribution < 1.29 is 4.42 Å². The van der Waals surface area contributed by atoms with Crippen LogP contribution in [-0.2, 0) is 13.5 Å². The van der Waals surface area contributed by atoms with Crippen molar-refractivity contribution >= 4 is 5.69 Å². The Bertz CT molecular complexity index is 801. The average molecular weight is 351 g/mol. The number of furan rings is 1. The Balaban J connectivity index is 1.25. The van der Waals surface area contributed by atoms with E-state index < -0.39 is 0 Å². The van der Waals surface area contributed by atoms with E-state index in [9.17, 15) is 0 Å². The highest BCUT2D eigenvalue weighted by molar-refractivity contribution is 5.61. The molecule has 2 aromatic heterocycles. The van der Waals surface area contributed by atoms with E-state index in [0.717, 1.165) is 43.2 Å². The number of aryl methyl sites for hydroxylation is 1. The van der Waals surface area contributed by atoms with Gasteiger partial charge in [0.15, 0.2) is 0 Å². The molecule has 3 aromatic rings. The lowest BCUT2D eigenvalue weighted by atomic mass is 10.0. The van der Waals surface area contributed by atoms with Crippen LogP contribution in [0.15, 0.2) is 53.4 Å². The molecule has 0 amide bonds. The highest BCUT2D eigenvalue weighted by Gasteiger charge is 2.19. The molecule has 6 heteroatoms. The summed E-state index contributed by atoms with van der Waals surface area (Å²) in [5.41, 5.74) is 2.41. The minimum Gasteiger partial charge on any atom is -0.464 e. The topological polar surface area (TPSA) is 59.1 Å². The van der Waals surface area contributed by atoms with Crippen LogP contribution in [0.1, 0.15) is 18.7 Å². The molecule has 1 N–H and O–H groups in total. The lowest BCUT2D eigenvalue weighted by Crippen LogP contribution is -2.43. The minimum absolute atomic E-state index is 0.585. The Hall–Kier alpha value is -2.60. The Morgan fingerprint density at radius 3 is 2.62 bits per heavy atom. The molecule has 1 aromatic carbocycles. The molecule has 6 nitrogen and oxygen atoms in total. The maximum absolute atomic E-state index is 5.46. The molecule has 0 bridgehead atoms. The number of hydrogen-bond acceptors (Lipinski definition) is 5. The predicted molar refractivity (Wildman–Crippen MR) is 102 cm³/mol. The Morgan fingerprint density at radius 1 is 1.15 bits per heavy atom.